The molecule has 8 heteroatoms. The molecule has 8 nitrogen and oxygen atoms in total. The van der Waals surface area contributed by atoms with Crippen molar-refractivity contribution >= 4 is 5.91 Å². The molecule has 2 aromatic heterocycles. The molecule has 0 saturated carbocycles. The van der Waals surface area contributed by atoms with Crippen LogP contribution in [0.25, 0.3) is 0 Å². The minimum atomic E-state index is -0.519. The van der Waals surface area contributed by atoms with E-state index < -0.39 is 17.2 Å². The van der Waals surface area contributed by atoms with E-state index in [-0.39, 0.29) is 13.1 Å². The maximum atomic E-state index is 12.8. The lowest BCUT2D eigenvalue weighted by Crippen LogP contribution is -2.43. The van der Waals surface area contributed by atoms with Crippen LogP contribution in [0.1, 0.15) is 28.1 Å². The predicted molar refractivity (Wildman–Crippen MR) is 130 cm³/mol. The van der Waals surface area contributed by atoms with Gasteiger partial charge in [0, 0.05) is 30.1 Å². The molecule has 174 valence electrons. The molecule has 0 saturated heterocycles. The number of carbonyl (C=O) groups is 1. The highest BCUT2D eigenvalue weighted by Crippen LogP contribution is 2.14. The van der Waals surface area contributed by atoms with E-state index in [1.165, 1.54) is 16.8 Å². The second-order valence-electron chi connectivity index (χ2n) is 8.21. The summed E-state index contributed by atoms with van der Waals surface area (Å²) in [5, 5.41) is 7.43. The molecule has 0 radical (unpaired) electrons. The van der Waals surface area contributed by atoms with E-state index in [9.17, 15) is 14.4 Å². The van der Waals surface area contributed by atoms with E-state index in [0.717, 1.165) is 32.6 Å². The van der Waals surface area contributed by atoms with Crippen LogP contribution in [0.4, 0.5) is 0 Å². The van der Waals surface area contributed by atoms with Crippen molar-refractivity contribution < 1.29 is 4.79 Å². The summed E-state index contributed by atoms with van der Waals surface area (Å²) in [7, 11) is 0. The molecule has 0 aliphatic heterocycles. The van der Waals surface area contributed by atoms with Crippen LogP contribution >= 0.6 is 0 Å². The molecule has 0 aliphatic rings. The minimum Gasteiger partial charge on any atom is -0.350 e. The number of aryl methyl sites for hydroxylation is 1. The monoisotopic (exact) mass is 457 g/mol. The number of hydrogen-bond acceptors (Lipinski definition) is 4. The largest absolute Gasteiger partial charge is 0.350 e. The van der Waals surface area contributed by atoms with Gasteiger partial charge in [0.2, 0.25) is 5.91 Å². The van der Waals surface area contributed by atoms with E-state index in [2.05, 4.69) is 10.4 Å². The summed E-state index contributed by atoms with van der Waals surface area (Å²) in [6, 6.07) is 20.8. The first-order valence-electron chi connectivity index (χ1n) is 11.1. The van der Waals surface area contributed by atoms with Crippen LogP contribution in [-0.4, -0.2) is 24.8 Å². The lowest BCUT2D eigenvalue weighted by Gasteiger charge is -2.11. The third kappa shape index (κ3) is 5.23. The highest BCUT2D eigenvalue weighted by atomic mass is 16.2. The van der Waals surface area contributed by atoms with E-state index in [0.29, 0.717) is 13.1 Å². The summed E-state index contributed by atoms with van der Waals surface area (Å²) in [4.78, 5) is 37.8. The number of nitrogens with zero attached hydrogens (tertiary/aromatic N) is 4. The highest BCUT2D eigenvalue weighted by molar-refractivity contribution is 5.75. The van der Waals surface area contributed by atoms with Crippen LogP contribution in [0.3, 0.4) is 0 Å². The van der Waals surface area contributed by atoms with Crippen molar-refractivity contribution in [3.05, 3.63) is 122 Å². The van der Waals surface area contributed by atoms with Gasteiger partial charge in [-0.05, 0) is 25.0 Å². The molecule has 0 spiro atoms. The zero-order valence-corrected chi connectivity index (χ0v) is 19.3. The fourth-order valence-corrected chi connectivity index (χ4v) is 3.89. The third-order valence-electron chi connectivity index (χ3n) is 5.81. The van der Waals surface area contributed by atoms with E-state index in [1.807, 2.05) is 79.2 Å². The zero-order chi connectivity index (χ0) is 24.1. The van der Waals surface area contributed by atoms with Crippen molar-refractivity contribution in [2.45, 2.75) is 40.0 Å². The van der Waals surface area contributed by atoms with Gasteiger partial charge in [0.05, 0.1) is 18.8 Å². The summed E-state index contributed by atoms with van der Waals surface area (Å²) < 4.78 is 4.29. The highest BCUT2D eigenvalue weighted by Gasteiger charge is 2.15. The molecular weight excluding hydrogens is 430 g/mol. The number of rotatable bonds is 8. The lowest BCUT2D eigenvalue weighted by molar-refractivity contribution is -0.121. The fourth-order valence-electron chi connectivity index (χ4n) is 3.89. The molecule has 0 atom stereocenters. The van der Waals surface area contributed by atoms with Crippen LogP contribution in [-0.2, 0) is 31.0 Å². The Balaban J connectivity index is 1.44. The molecule has 1 amide bonds. The molecular formula is C26H27N5O3. The summed E-state index contributed by atoms with van der Waals surface area (Å²) in [6.45, 7) is 4.76. The smallest absolute Gasteiger partial charge is 0.331 e. The number of carbonyl (C=O) groups excluding carboxylic acids is 1. The van der Waals surface area contributed by atoms with Gasteiger partial charge in [-0.3, -0.25) is 23.4 Å². The molecule has 2 aromatic carbocycles. The van der Waals surface area contributed by atoms with Gasteiger partial charge in [0.1, 0.15) is 6.54 Å². The van der Waals surface area contributed by atoms with Gasteiger partial charge in [-0.15, -0.1) is 0 Å². The number of nitrogens with one attached hydrogen (secondary N) is 1. The Morgan fingerprint density at radius 2 is 1.50 bits per heavy atom. The first-order valence-corrected chi connectivity index (χ1v) is 11.1. The van der Waals surface area contributed by atoms with Crippen molar-refractivity contribution in [3.63, 3.8) is 0 Å². The van der Waals surface area contributed by atoms with Gasteiger partial charge in [-0.25, -0.2) is 4.79 Å². The fraction of sp³-hybridized carbons (Fsp3) is 0.231. The van der Waals surface area contributed by atoms with Crippen molar-refractivity contribution in [1.82, 2.24) is 24.2 Å². The molecule has 1 N–H and O–H groups in total. The Kier molecular flexibility index (Phi) is 6.87. The third-order valence-corrected chi connectivity index (χ3v) is 5.81. The van der Waals surface area contributed by atoms with Crippen LogP contribution in [0.15, 0.2) is 82.5 Å². The van der Waals surface area contributed by atoms with E-state index in [1.54, 1.807) is 0 Å². The van der Waals surface area contributed by atoms with Crippen molar-refractivity contribution in [2.75, 3.05) is 0 Å². The molecule has 0 fully saturated rings. The topological polar surface area (TPSA) is 90.9 Å². The molecule has 4 aromatic rings. The Morgan fingerprint density at radius 3 is 2.15 bits per heavy atom. The predicted octanol–water partition coefficient (Wildman–Crippen LogP) is 2.24. The quantitative estimate of drug-likeness (QED) is 0.439. The summed E-state index contributed by atoms with van der Waals surface area (Å²) in [5.74, 6) is -0.411. The molecule has 0 bridgehead atoms. The normalized spacial score (nSPS) is 10.9. The molecule has 0 aliphatic carbocycles. The molecule has 4 rings (SSSR count). The number of amides is 1. The molecule has 2 heterocycles. The van der Waals surface area contributed by atoms with Crippen LogP contribution in [0, 0.1) is 13.8 Å². The summed E-state index contributed by atoms with van der Waals surface area (Å²) in [5.41, 5.74) is 3.75. The van der Waals surface area contributed by atoms with E-state index in [4.69, 9.17) is 0 Å². The Hall–Kier alpha value is -4.20. The van der Waals surface area contributed by atoms with Crippen LogP contribution < -0.4 is 16.6 Å². The second kappa shape index (κ2) is 10.2. The Morgan fingerprint density at radius 1 is 0.882 bits per heavy atom. The van der Waals surface area contributed by atoms with Crippen LogP contribution in [0.5, 0.6) is 0 Å². The first-order chi connectivity index (χ1) is 16.4. The number of benzene rings is 2. The molecule has 0 unspecified atom stereocenters. The minimum absolute atomic E-state index is 0.269. The number of hydrogen-bond donors (Lipinski definition) is 1. The van der Waals surface area contributed by atoms with Gasteiger partial charge >= 0.3 is 5.69 Å². The van der Waals surface area contributed by atoms with Gasteiger partial charge in [0.15, 0.2) is 0 Å². The SMILES string of the molecule is Cc1nn(Cc2ccccc2)c(C)c1CNC(=O)Cn1c(=O)ccn(Cc2ccccc2)c1=O. The van der Waals surface area contributed by atoms with Crippen molar-refractivity contribution in [1.29, 1.82) is 0 Å². The average Bonchev–Trinajstić information content (AvgIpc) is 3.10. The Bertz CT molecular complexity index is 1400. The van der Waals surface area contributed by atoms with Crippen LogP contribution in [0.2, 0.25) is 0 Å². The summed E-state index contributed by atoms with van der Waals surface area (Å²) in [6.07, 6.45) is 1.46. The number of aromatic nitrogens is 4. The van der Waals surface area contributed by atoms with Gasteiger partial charge in [-0.2, -0.15) is 5.10 Å². The maximum Gasteiger partial charge on any atom is 0.331 e. The van der Waals surface area contributed by atoms with Gasteiger partial charge in [0.25, 0.3) is 5.56 Å². The van der Waals surface area contributed by atoms with Crippen molar-refractivity contribution in [2.24, 2.45) is 0 Å². The molecule has 34 heavy (non-hydrogen) atoms. The van der Waals surface area contributed by atoms with Gasteiger partial charge < -0.3 is 5.32 Å². The average molecular weight is 458 g/mol. The Labute approximate surface area is 197 Å². The first kappa shape index (κ1) is 23.0. The van der Waals surface area contributed by atoms with Crippen molar-refractivity contribution in [3.8, 4) is 0 Å². The maximum absolute atomic E-state index is 12.8. The lowest BCUT2D eigenvalue weighted by atomic mass is 10.2. The standard InChI is InChI=1S/C26H27N5O3/c1-19-23(20(2)31(28-19)17-22-11-7-4-8-12-22)15-27-24(32)18-30-25(33)13-14-29(26(30)34)16-21-9-5-3-6-10-21/h3-14H,15-18H2,1-2H3,(H,27,32). The summed E-state index contributed by atoms with van der Waals surface area (Å²) >= 11 is 0. The second-order valence-corrected chi connectivity index (χ2v) is 8.21. The zero-order valence-electron chi connectivity index (χ0n) is 19.3. The van der Waals surface area contributed by atoms with Gasteiger partial charge in [-0.1, -0.05) is 60.7 Å². The van der Waals surface area contributed by atoms with E-state index >= 15 is 0 Å².